The van der Waals surface area contributed by atoms with Gasteiger partial charge < -0.3 is 10.4 Å². The largest absolute Gasteiger partial charge is 0.481 e. The Labute approximate surface area is 75.1 Å². The lowest BCUT2D eigenvalue weighted by atomic mass is 9.99. The molecule has 5 nitrogen and oxygen atoms in total. The van der Waals surface area contributed by atoms with Crippen LogP contribution in [0.2, 0.25) is 0 Å². The van der Waals surface area contributed by atoms with E-state index in [0.717, 1.165) is 0 Å². The molecule has 2 N–H and O–H groups in total. The molecule has 0 aromatic heterocycles. The zero-order valence-electron chi connectivity index (χ0n) is 7.24. The van der Waals surface area contributed by atoms with E-state index in [9.17, 15) is 14.4 Å². The molecule has 1 unspecified atom stereocenters. The smallest absolute Gasteiger partial charge is 0.313 e. The van der Waals surface area contributed by atoms with Crippen molar-refractivity contribution >= 4 is 17.7 Å². The van der Waals surface area contributed by atoms with Crippen molar-refractivity contribution < 1.29 is 19.5 Å². The van der Waals surface area contributed by atoms with Crippen LogP contribution in [0.4, 0.5) is 0 Å². The molecule has 72 valence electrons. The first-order valence-electron chi connectivity index (χ1n) is 4.08. The summed E-state index contributed by atoms with van der Waals surface area (Å²) in [6, 6.07) is -0.599. The van der Waals surface area contributed by atoms with E-state index in [1.165, 1.54) is 6.92 Å². The fourth-order valence-corrected chi connectivity index (χ4v) is 1.25. The monoisotopic (exact) mass is 185 g/mol. The topological polar surface area (TPSA) is 83.5 Å². The fraction of sp³-hybridized carbons (Fsp3) is 0.625. The standard InChI is InChI=1S/C8H11NO4/c1-4(8(12)13)7(11)5-2-3-6(10)9-5/h4-5H,2-3H2,1H3,(H,9,10)(H,12,13)/t4?,5-/m0/s1. The number of carbonyl (C=O) groups is 3. The average Bonchev–Trinajstić information content (AvgIpc) is 2.49. The van der Waals surface area contributed by atoms with Gasteiger partial charge in [-0.25, -0.2) is 0 Å². The quantitative estimate of drug-likeness (QED) is 0.583. The fourth-order valence-electron chi connectivity index (χ4n) is 1.25. The Morgan fingerprint density at radius 3 is 2.62 bits per heavy atom. The number of hydrogen-bond acceptors (Lipinski definition) is 3. The molecular formula is C8H11NO4. The third-order valence-electron chi connectivity index (χ3n) is 2.14. The minimum absolute atomic E-state index is 0.184. The van der Waals surface area contributed by atoms with Crippen LogP contribution in [0.3, 0.4) is 0 Å². The highest BCUT2D eigenvalue weighted by atomic mass is 16.4. The Bertz CT molecular complexity index is 261. The Kier molecular flexibility index (Phi) is 2.65. The van der Waals surface area contributed by atoms with Gasteiger partial charge in [-0.05, 0) is 13.3 Å². The summed E-state index contributed by atoms with van der Waals surface area (Å²) in [4.78, 5) is 32.5. The zero-order chi connectivity index (χ0) is 10.0. The molecule has 0 aromatic rings. The van der Waals surface area contributed by atoms with Gasteiger partial charge in [0.25, 0.3) is 0 Å². The number of carboxylic acids is 1. The zero-order valence-corrected chi connectivity index (χ0v) is 7.24. The first-order valence-corrected chi connectivity index (χ1v) is 4.08. The van der Waals surface area contributed by atoms with E-state index in [-0.39, 0.29) is 5.91 Å². The summed E-state index contributed by atoms with van der Waals surface area (Å²) >= 11 is 0. The van der Waals surface area contributed by atoms with Crippen LogP contribution in [0.25, 0.3) is 0 Å². The highest BCUT2D eigenvalue weighted by Gasteiger charge is 2.33. The van der Waals surface area contributed by atoms with Crippen LogP contribution < -0.4 is 5.32 Å². The lowest BCUT2D eigenvalue weighted by Crippen LogP contribution is -2.38. The van der Waals surface area contributed by atoms with Gasteiger partial charge in [-0.15, -0.1) is 0 Å². The van der Waals surface area contributed by atoms with Crippen molar-refractivity contribution in [3.63, 3.8) is 0 Å². The molecule has 5 heteroatoms. The summed E-state index contributed by atoms with van der Waals surface area (Å²) < 4.78 is 0. The molecule has 0 bridgehead atoms. The number of nitrogens with one attached hydrogen (secondary N) is 1. The molecule has 13 heavy (non-hydrogen) atoms. The molecule has 1 saturated heterocycles. The molecule has 0 aliphatic carbocycles. The van der Waals surface area contributed by atoms with Gasteiger partial charge in [0.05, 0.1) is 6.04 Å². The van der Waals surface area contributed by atoms with Crippen molar-refractivity contribution in [3.8, 4) is 0 Å². The number of aliphatic carboxylic acids is 1. The second kappa shape index (κ2) is 3.55. The average molecular weight is 185 g/mol. The van der Waals surface area contributed by atoms with Gasteiger partial charge in [-0.1, -0.05) is 0 Å². The van der Waals surface area contributed by atoms with E-state index < -0.39 is 23.7 Å². The van der Waals surface area contributed by atoms with Gasteiger partial charge in [0.15, 0.2) is 5.78 Å². The first kappa shape index (κ1) is 9.70. The van der Waals surface area contributed by atoms with Crippen molar-refractivity contribution in [3.05, 3.63) is 0 Å². The van der Waals surface area contributed by atoms with E-state index in [1.807, 2.05) is 0 Å². The molecule has 1 aliphatic heterocycles. The van der Waals surface area contributed by atoms with E-state index >= 15 is 0 Å². The highest BCUT2D eigenvalue weighted by molar-refractivity contribution is 6.03. The highest BCUT2D eigenvalue weighted by Crippen LogP contribution is 2.12. The molecule has 0 spiro atoms. The van der Waals surface area contributed by atoms with E-state index in [0.29, 0.717) is 12.8 Å². The van der Waals surface area contributed by atoms with Crippen molar-refractivity contribution in [2.45, 2.75) is 25.8 Å². The maximum absolute atomic E-state index is 11.3. The number of rotatable bonds is 3. The van der Waals surface area contributed by atoms with Gasteiger partial charge in [0.1, 0.15) is 5.92 Å². The number of ketones is 1. The molecule has 1 aliphatic rings. The van der Waals surface area contributed by atoms with Crippen molar-refractivity contribution in [1.29, 1.82) is 0 Å². The predicted molar refractivity (Wildman–Crippen MR) is 43.0 cm³/mol. The molecule has 0 saturated carbocycles. The van der Waals surface area contributed by atoms with Gasteiger partial charge in [-0.2, -0.15) is 0 Å². The van der Waals surface area contributed by atoms with Gasteiger partial charge >= 0.3 is 5.97 Å². The number of carboxylic acid groups (broad SMARTS) is 1. The predicted octanol–water partition coefficient (Wildman–Crippen LogP) is -0.445. The Morgan fingerprint density at radius 2 is 2.23 bits per heavy atom. The molecule has 1 amide bonds. The molecule has 2 atom stereocenters. The summed E-state index contributed by atoms with van der Waals surface area (Å²) in [7, 11) is 0. The second-order valence-electron chi connectivity index (χ2n) is 3.12. The molecular weight excluding hydrogens is 174 g/mol. The Balaban J connectivity index is 2.58. The number of hydrogen-bond donors (Lipinski definition) is 2. The van der Waals surface area contributed by atoms with Crippen molar-refractivity contribution in [2.75, 3.05) is 0 Å². The van der Waals surface area contributed by atoms with Crippen LogP contribution in [0.1, 0.15) is 19.8 Å². The van der Waals surface area contributed by atoms with Crippen molar-refractivity contribution in [2.24, 2.45) is 5.92 Å². The number of Topliss-reactive ketones (excluding diaryl/α,β-unsaturated/α-hetero) is 1. The molecule has 1 heterocycles. The normalized spacial score (nSPS) is 23.8. The summed E-state index contributed by atoms with van der Waals surface area (Å²) in [6.45, 7) is 1.33. The summed E-state index contributed by atoms with van der Waals surface area (Å²) in [6.07, 6.45) is 0.720. The number of amides is 1. The first-order chi connectivity index (χ1) is 6.02. The molecule has 0 aromatic carbocycles. The maximum Gasteiger partial charge on any atom is 0.313 e. The summed E-state index contributed by atoms with van der Waals surface area (Å²) in [5.74, 6) is -2.79. The Hall–Kier alpha value is -1.39. The lowest BCUT2D eigenvalue weighted by Gasteiger charge is -2.11. The SMILES string of the molecule is CC(C(=O)O)C(=O)[C@@H]1CCC(=O)N1. The van der Waals surface area contributed by atoms with Crippen LogP contribution in [0.5, 0.6) is 0 Å². The molecule has 1 rings (SSSR count). The molecule has 0 radical (unpaired) electrons. The van der Waals surface area contributed by atoms with Crippen LogP contribution in [0, 0.1) is 5.92 Å². The summed E-state index contributed by atoms with van der Waals surface area (Å²) in [5.41, 5.74) is 0. The second-order valence-corrected chi connectivity index (χ2v) is 3.12. The minimum atomic E-state index is -1.15. The van der Waals surface area contributed by atoms with Gasteiger partial charge in [0.2, 0.25) is 5.91 Å². The van der Waals surface area contributed by atoms with E-state index in [2.05, 4.69) is 5.32 Å². The Morgan fingerprint density at radius 1 is 1.62 bits per heavy atom. The van der Waals surface area contributed by atoms with E-state index in [1.54, 1.807) is 0 Å². The summed E-state index contributed by atoms with van der Waals surface area (Å²) in [5, 5.41) is 11.0. The van der Waals surface area contributed by atoms with E-state index in [4.69, 9.17) is 5.11 Å². The third kappa shape index (κ3) is 2.05. The van der Waals surface area contributed by atoms with Crippen LogP contribution in [-0.2, 0) is 14.4 Å². The lowest BCUT2D eigenvalue weighted by molar-refractivity contribution is -0.146. The third-order valence-corrected chi connectivity index (χ3v) is 2.14. The van der Waals surface area contributed by atoms with Gasteiger partial charge in [-0.3, -0.25) is 14.4 Å². The number of carbonyl (C=O) groups excluding carboxylic acids is 2. The minimum Gasteiger partial charge on any atom is -0.481 e. The maximum atomic E-state index is 11.3. The van der Waals surface area contributed by atoms with Gasteiger partial charge in [0, 0.05) is 6.42 Å². The molecule has 1 fully saturated rings. The van der Waals surface area contributed by atoms with Crippen LogP contribution in [-0.4, -0.2) is 28.8 Å². The van der Waals surface area contributed by atoms with Crippen LogP contribution in [0.15, 0.2) is 0 Å². The van der Waals surface area contributed by atoms with Crippen molar-refractivity contribution in [1.82, 2.24) is 5.32 Å². The van der Waals surface area contributed by atoms with Crippen LogP contribution >= 0.6 is 0 Å².